The average molecular weight is 630 g/mol. The molecule has 0 heterocycles. The molecular weight excluding hydrogens is 602 g/mol. The lowest BCUT2D eigenvalue weighted by atomic mass is 10.2. The van der Waals surface area contributed by atoms with Crippen LogP contribution >= 0.6 is 11.6 Å². The van der Waals surface area contributed by atoms with Crippen LogP contribution in [-0.4, -0.2) is 43.5 Å². The minimum atomic E-state index is -4.13. The molecule has 13 heteroatoms. The number of carbonyl (C=O) groups is 1. The number of anilines is 3. The van der Waals surface area contributed by atoms with Gasteiger partial charge in [0, 0.05) is 16.8 Å². The second-order valence-corrected chi connectivity index (χ2v) is 13.0. The Morgan fingerprint density at radius 3 is 2.14 bits per heavy atom. The van der Waals surface area contributed by atoms with E-state index in [9.17, 15) is 21.6 Å². The highest BCUT2D eigenvalue weighted by Crippen LogP contribution is 2.31. The number of halogens is 1. The predicted molar refractivity (Wildman–Crippen MR) is 163 cm³/mol. The lowest BCUT2D eigenvalue weighted by molar-refractivity contribution is -0.114. The predicted octanol–water partition coefficient (Wildman–Crippen LogP) is 5.30. The van der Waals surface area contributed by atoms with Crippen molar-refractivity contribution in [3.63, 3.8) is 0 Å². The molecule has 0 aliphatic rings. The first-order valence-corrected chi connectivity index (χ1v) is 15.7. The van der Waals surface area contributed by atoms with E-state index in [4.69, 9.17) is 21.1 Å². The first kappa shape index (κ1) is 30.7. The number of nitrogens with one attached hydrogen (secondary N) is 2. The number of ether oxygens (including phenoxy) is 2. The van der Waals surface area contributed by atoms with E-state index in [1.165, 1.54) is 62.8 Å². The number of benzene rings is 4. The van der Waals surface area contributed by atoms with Crippen LogP contribution in [0.5, 0.6) is 11.5 Å². The quantitative estimate of drug-likeness (QED) is 0.230. The summed E-state index contributed by atoms with van der Waals surface area (Å²) >= 11 is 6.27. The van der Waals surface area contributed by atoms with Crippen LogP contribution in [-0.2, 0) is 24.8 Å². The maximum Gasteiger partial charge on any atom is 0.264 e. The normalized spacial score (nSPS) is 11.4. The van der Waals surface area contributed by atoms with Gasteiger partial charge in [0.25, 0.3) is 20.0 Å². The molecule has 4 rings (SSSR count). The van der Waals surface area contributed by atoms with E-state index < -0.39 is 32.5 Å². The topological polar surface area (TPSA) is 131 Å². The number of sulfonamides is 2. The van der Waals surface area contributed by atoms with E-state index >= 15 is 0 Å². The fourth-order valence-electron chi connectivity index (χ4n) is 3.92. The van der Waals surface area contributed by atoms with Gasteiger partial charge in [0.1, 0.15) is 18.0 Å². The molecule has 10 nitrogen and oxygen atoms in total. The number of hydrogen-bond donors (Lipinski definition) is 2. The minimum Gasteiger partial charge on any atom is -0.497 e. The summed E-state index contributed by atoms with van der Waals surface area (Å²) in [6.07, 6.45) is 0. The summed E-state index contributed by atoms with van der Waals surface area (Å²) in [6.45, 7) is 1.22. The molecule has 0 aromatic heterocycles. The summed E-state index contributed by atoms with van der Waals surface area (Å²) in [5.74, 6) is 0.0805. The Morgan fingerprint density at radius 1 is 0.833 bits per heavy atom. The highest BCUT2D eigenvalue weighted by Gasteiger charge is 2.28. The molecule has 0 fully saturated rings. The van der Waals surface area contributed by atoms with Gasteiger partial charge in [-0.25, -0.2) is 16.8 Å². The third-order valence-corrected chi connectivity index (χ3v) is 9.74. The van der Waals surface area contributed by atoms with Crippen molar-refractivity contribution in [1.82, 2.24) is 0 Å². The van der Waals surface area contributed by atoms with Crippen LogP contribution in [0, 0.1) is 6.92 Å². The Balaban J connectivity index is 1.54. The molecule has 42 heavy (non-hydrogen) atoms. The summed E-state index contributed by atoms with van der Waals surface area (Å²) in [5, 5.41) is 2.97. The Morgan fingerprint density at radius 2 is 1.52 bits per heavy atom. The van der Waals surface area contributed by atoms with Gasteiger partial charge >= 0.3 is 0 Å². The largest absolute Gasteiger partial charge is 0.497 e. The second-order valence-electron chi connectivity index (χ2n) is 9.00. The Hall–Kier alpha value is -4.26. The minimum absolute atomic E-state index is 0.00391. The highest BCUT2D eigenvalue weighted by molar-refractivity contribution is 7.93. The molecule has 0 atom stereocenters. The Kier molecular flexibility index (Phi) is 9.30. The van der Waals surface area contributed by atoms with E-state index in [0.29, 0.717) is 16.5 Å². The van der Waals surface area contributed by atoms with Gasteiger partial charge in [0.2, 0.25) is 5.91 Å². The molecule has 0 aliphatic carbocycles. The lowest BCUT2D eigenvalue weighted by Crippen LogP contribution is -2.38. The van der Waals surface area contributed by atoms with E-state index in [0.717, 1.165) is 9.87 Å². The van der Waals surface area contributed by atoms with E-state index in [-0.39, 0.29) is 26.9 Å². The van der Waals surface area contributed by atoms with Crippen LogP contribution in [0.15, 0.2) is 101 Å². The summed E-state index contributed by atoms with van der Waals surface area (Å²) in [5.41, 5.74) is 1.41. The summed E-state index contributed by atoms with van der Waals surface area (Å²) < 4.78 is 66.9. The Bertz CT molecular complexity index is 1800. The number of hydrogen-bond acceptors (Lipinski definition) is 7. The lowest BCUT2D eigenvalue weighted by Gasteiger charge is -2.24. The van der Waals surface area contributed by atoms with E-state index in [2.05, 4.69) is 10.0 Å². The van der Waals surface area contributed by atoms with Crippen molar-refractivity contribution in [3.8, 4) is 11.5 Å². The van der Waals surface area contributed by atoms with E-state index in [1.54, 1.807) is 49.4 Å². The summed E-state index contributed by atoms with van der Waals surface area (Å²) in [6, 6.07) is 22.5. The van der Waals surface area contributed by atoms with Crippen molar-refractivity contribution in [1.29, 1.82) is 0 Å². The molecule has 220 valence electrons. The SMILES string of the molecule is COc1ccc(OC)c(NS(=O)(=O)c2ccc(NC(=O)CN(c3ccc(C)c(Cl)c3)S(=O)(=O)c3ccccc3)cc2)c1. The molecule has 4 aromatic carbocycles. The maximum absolute atomic E-state index is 13.5. The molecule has 0 spiro atoms. The number of rotatable bonds is 11. The van der Waals surface area contributed by atoms with Gasteiger partial charge in [0.15, 0.2) is 0 Å². The van der Waals surface area contributed by atoms with Crippen molar-refractivity contribution in [2.24, 2.45) is 0 Å². The molecule has 0 radical (unpaired) electrons. The van der Waals surface area contributed by atoms with Crippen molar-refractivity contribution in [2.45, 2.75) is 16.7 Å². The maximum atomic E-state index is 13.5. The van der Waals surface area contributed by atoms with Gasteiger partial charge in [-0.2, -0.15) is 0 Å². The van der Waals surface area contributed by atoms with Gasteiger partial charge in [-0.1, -0.05) is 35.9 Å². The summed E-state index contributed by atoms with van der Waals surface area (Å²) in [7, 11) is -5.29. The zero-order valence-corrected chi connectivity index (χ0v) is 25.3. The third kappa shape index (κ3) is 6.96. The Labute approximate surface area is 250 Å². The number of methoxy groups -OCH3 is 2. The number of amides is 1. The van der Waals surface area contributed by atoms with Crippen LogP contribution in [0.25, 0.3) is 0 Å². The molecule has 1 amide bonds. The van der Waals surface area contributed by atoms with Crippen LogP contribution in [0.2, 0.25) is 5.02 Å². The van der Waals surface area contributed by atoms with Crippen LogP contribution in [0.4, 0.5) is 17.1 Å². The average Bonchev–Trinajstić information content (AvgIpc) is 2.98. The standard InChI is InChI=1S/C29H28ClN3O7S2/c1-20-9-12-22(17-26(20)30)33(42(37,38)25-7-5-4-6-8-25)19-29(34)31-21-10-14-24(15-11-21)41(35,36)32-27-18-23(39-2)13-16-28(27)40-3/h4-18,32H,19H2,1-3H3,(H,31,34). The molecule has 2 N–H and O–H groups in total. The molecule has 0 aliphatic heterocycles. The molecule has 0 bridgehead atoms. The van der Waals surface area contributed by atoms with Gasteiger partial charge in [-0.15, -0.1) is 0 Å². The van der Waals surface area contributed by atoms with Gasteiger partial charge < -0.3 is 14.8 Å². The van der Waals surface area contributed by atoms with Gasteiger partial charge in [0.05, 0.1) is 35.4 Å². The van der Waals surface area contributed by atoms with Gasteiger partial charge in [-0.3, -0.25) is 13.8 Å². The first-order chi connectivity index (χ1) is 19.9. The molecule has 0 unspecified atom stereocenters. The van der Waals surface area contributed by atoms with Crippen molar-refractivity contribution in [3.05, 3.63) is 102 Å². The monoisotopic (exact) mass is 629 g/mol. The van der Waals surface area contributed by atoms with Crippen molar-refractivity contribution in [2.75, 3.05) is 35.1 Å². The van der Waals surface area contributed by atoms with Crippen LogP contribution in [0.3, 0.4) is 0 Å². The zero-order chi connectivity index (χ0) is 30.5. The van der Waals surface area contributed by atoms with Crippen molar-refractivity contribution >= 4 is 54.6 Å². The smallest absolute Gasteiger partial charge is 0.264 e. The molecule has 0 saturated heterocycles. The highest BCUT2D eigenvalue weighted by atomic mass is 35.5. The second kappa shape index (κ2) is 12.7. The zero-order valence-electron chi connectivity index (χ0n) is 22.9. The number of nitrogens with zero attached hydrogens (tertiary/aromatic N) is 1. The molecule has 0 saturated carbocycles. The van der Waals surface area contributed by atoms with Crippen molar-refractivity contribution < 1.29 is 31.1 Å². The molecular formula is C29H28ClN3O7S2. The van der Waals surface area contributed by atoms with Gasteiger partial charge in [-0.05, 0) is 73.2 Å². The third-order valence-electron chi connectivity index (χ3n) is 6.16. The molecule has 4 aromatic rings. The summed E-state index contributed by atoms with van der Waals surface area (Å²) in [4.78, 5) is 13.0. The number of aryl methyl sites for hydroxylation is 1. The van der Waals surface area contributed by atoms with Crippen LogP contribution in [0.1, 0.15) is 5.56 Å². The van der Waals surface area contributed by atoms with Crippen LogP contribution < -0.4 is 23.8 Å². The van der Waals surface area contributed by atoms with E-state index in [1.807, 2.05) is 0 Å². The first-order valence-electron chi connectivity index (χ1n) is 12.4. The fourth-order valence-corrected chi connectivity index (χ4v) is 6.59. The fraction of sp³-hybridized carbons (Fsp3) is 0.138. The number of carbonyl (C=O) groups excluding carboxylic acids is 1.